The fourth-order valence-corrected chi connectivity index (χ4v) is 3.37. The predicted molar refractivity (Wildman–Crippen MR) is 84.2 cm³/mol. The Kier molecular flexibility index (Phi) is 4.23. The third-order valence-corrected chi connectivity index (χ3v) is 4.51. The Balaban J connectivity index is 1.76. The Morgan fingerprint density at radius 3 is 3.19 bits per heavy atom. The molecule has 2 aromatic rings. The highest BCUT2D eigenvalue weighted by atomic mass is 16.2. The lowest BCUT2D eigenvalue weighted by Gasteiger charge is -2.20. The third-order valence-electron chi connectivity index (χ3n) is 4.51. The lowest BCUT2D eigenvalue weighted by Crippen LogP contribution is -2.31. The lowest BCUT2D eigenvalue weighted by molar-refractivity contribution is 0.0762. The maximum atomic E-state index is 12.8. The maximum absolute atomic E-state index is 12.8. The number of nitrogens with one attached hydrogen (secondary N) is 1. The number of aromatic nitrogens is 2. The molecule has 0 radical (unpaired) electrons. The second-order valence-corrected chi connectivity index (χ2v) is 5.98. The molecule has 4 heteroatoms. The average molecular weight is 285 g/mol. The molecule has 1 amide bonds. The number of nitrogens with zero attached hydrogens (tertiary/aromatic N) is 2. The summed E-state index contributed by atoms with van der Waals surface area (Å²) < 4.78 is 0. The molecule has 112 valence electrons. The van der Waals surface area contributed by atoms with E-state index >= 15 is 0 Å². The van der Waals surface area contributed by atoms with E-state index in [0.29, 0.717) is 0 Å². The van der Waals surface area contributed by atoms with Gasteiger partial charge in [0.25, 0.3) is 5.91 Å². The van der Waals surface area contributed by atoms with Crippen molar-refractivity contribution in [2.24, 2.45) is 5.92 Å². The van der Waals surface area contributed by atoms with Gasteiger partial charge >= 0.3 is 0 Å². The van der Waals surface area contributed by atoms with Crippen LogP contribution in [-0.4, -0.2) is 33.9 Å². The van der Waals surface area contributed by atoms with Crippen molar-refractivity contribution >= 4 is 16.9 Å². The first kappa shape index (κ1) is 14.1. The summed E-state index contributed by atoms with van der Waals surface area (Å²) in [4.78, 5) is 22.1. The minimum Gasteiger partial charge on any atom is -0.345 e. The van der Waals surface area contributed by atoms with Crippen LogP contribution in [-0.2, 0) is 0 Å². The van der Waals surface area contributed by atoms with E-state index in [2.05, 4.69) is 16.9 Å². The van der Waals surface area contributed by atoms with Crippen LogP contribution in [0, 0.1) is 5.92 Å². The van der Waals surface area contributed by atoms with Crippen molar-refractivity contribution in [2.45, 2.75) is 39.0 Å². The molecular weight excluding hydrogens is 262 g/mol. The highest BCUT2D eigenvalue weighted by molar-refractivity contribution is 6.05. The lowest BCUT2D eigenvalue weighted by atomic mass is 9.96. The van der Waals surface area contributed by atoms with Gasteiger partial charge in [-0.1, -0.05) is 19.8 Å². The first-order chi connectivity index (χ1) is 10.3. The van der Waals surface area contributed by atoms with E-state index in [1.165, 1.54) is 19.3 Å². The van der Waals surface area contributed by atoms with Crippen LogP contribution in [0.5, 0.6) is 0 Å². The molecule has 1 saturated heterocycles. The number of hydrogen-bond donors (Lipinski definition) is 1. The number of carbonyl (C=O) groups excluding carboxylic acids is 1. The smallest absolute Gasteiger partial charge is 0.256 e. The quantitative estimate of drug-likeness (QED) is 0.936. The number of aromatic amines is 1. The second-order valence-electron chi connectivity index (χ2n) is 5.98. The van der Waals surface area contributed by atoms with Crippen molar-refractivity contribution in [1.82, 2.24) is 14.9 Å². The van der Waals surface area contributed by atoms with Gasteiger partial charge in [-0.2, -0.15) is 0 Å². The molecule has 1 N–H and O–H groups in total. The molecular formula is C17H23N3O. The van der Waals surface area contributed by atoms with E-state index in [1.54, 1.807) is 12.4 Å². The summed E-state index contributed by atoms with van der Waals surface area (Å²) in [5.74, 6) is 0.934. The Morgan fingerprint density at radius 2 is 2.33 bits per heavy atom. The fourth-order valence-electron chi connectivity index (χ4n) is 3.37. The summed E-state index contributed by atoms with van der Waals surface area (Å²) in [5, 5.41) is 0.928. The Hall–Kier alpha value is -1.84. The van der Waals surface area contributed by atoms with Crippen molar-refractivity contribution in [3.8, 4) is 0 Å². The van der Waals surface area contributed by atoms with Crippen molar-refractivity contribution in [1.29, 1.82) is 0 Å². The van der Waals surface area contributed by atoms with Crippen LogP contribution in [0.25, 0.3) is 11.0 Å². The average Bonchev–Trinajstić information content (AvgIpc) is 2.80. The molecule has 0 aliphatic carbocycles. The number of rotatable bonds is 3. The highest BCUT2D eigenvalue weighted by Crippen LogP contribution is 2.24. The van der Waals surface area contributed by atoms with Gasteiger partial charge in [-0.3, -0.25) is 4.79 Å². The largest absolute Gasteiger partial charge is 0.345 e. The Labute approximate surface area is 125 Å². The van der Waals surface area contributed by atoms with Crippen LogP contribution in [0.2, 0.25) is 0 Å². The summed E-state index contributed by atoms with van der Waals surface area (Å²) in [5.41, 5.74) is 1.55. The van der Waals surface area contributed by atoms with Gasteiger partial charge in [0.05, 0.1) is 5.56 Å². The van der Waals surface area contributed by atoms with E-state index in [0.717, 1.165) is 48.4 Å². The zero-order valence-corrected chi connectivity index (χ0v) is 12.6. The van der Waals surface area contributed by atoms with Crippen molar-refractivity contribution in [2.75, 3.05) is 13.1 Å². The van der Waals surface area contributed by atoms with Crippen LogP contribution in [0.15, 0.2) is 24.5 Å². The number of carbonyl (C=O) groups is 1. The SMILES string of the molecule is CCC[C@H]1CCCN(C(=O)c2c[nH]c3ncccc23)CC1. The van der Waals surface area contributed by atoms with E-state index in [-0.39, 0.29) is 5.91 Å². The van der Waals surface area contributed by atoms with Gasteiger partial charge in [-0.15, -0.1) is 0 Å². The van der Waals surface area contributed by atoms with Crippen molar-refractivity contribution in [3.05, 3.63) is 30.1 Å². The maximum Gasteiger partial charge on any atom is 0.256 e. The van der Waals surface area contributed by atoms with Gasteiger partial charge in [-0.25, -0.2) is 4.98 Å². The van der Waals surface area contributed by atoms with Crippen LogP contribution < -0.4 is 0 Å². The van der Waals surface area contributed by atoms with E-state index in [9.17, 15) is 4.79 Å². The predicted octanol–water partition coefficient (Wildman–Crippen LogP) is 3.61. The molecule has 1 fully saturated rings. The standard InChI is InChI=1S/C17H23N3O/c1-2-5-13-6-4-10-20(11-8-13)17(21)15-12-19-16-14(15)7-3-9-18-16/h3,7,9,12-13H,2,4-6,8,10-11H2,1H3,(H,18,19)/t13-/m0/s1. The molecule has 3 heterocycles. The number of likely N-dealkylation sites (tertiary alicyclic amines) is 1. The minimum atomic E-state index is 0.145. The van der Waals surface area contributed by atoms with Gasteiger partial charge in [0, 0.05) is 30.9 Å². The van der Waals surface area contributed by atoms with Crippen LogP contribution in [0.4, 0.5) is 0 Å². The molecule has 21 heavy (non-hydrogen) atoms. The first-order valence-corrected chi connectivity index (χ1v) is 8.01. The van der Waals surface area contributed by atoms with Crippen molar-refractivity contribution < 1.29 is 4.79 Å². The second kappa shape index (κ2) is 6.29. The number of H-pyrrole nitrogens is 1. The molecule has 0 spiro atoms. The number of pyridine rings is 1. The fraction of sp³-hybridized carbons (Fsp3) is 0.529. The molecule has 2 aromatic heterocycles. The monoisotopic (exact) mass is 285 g/mol. The summed E-state index contributed by atoms with van der Waals surface area (Å²) in [6.07, 6.45) is 9.60. The summed E-state index contributed by atoms with van der Waals surface area (Å²) in [6.45, 7) is 4.01. The van der Waals surface area contributed by atoms with Gasteiger partial charge in [0.15, 0.2) is 0 Å². The normalized spacial score (nSPS) is 19.7. The molecule has 1 atom stereocenters. The van der Waals surface area contributed by atoms with Gasteiger partial charge in [-0.05, 0) is 37.3 Å². The number of fused-ring (bicyclic) bond motifs is 1. The highest BCUT2D eigenvalue weighted by Gasteiger charge is 2.23. The molecule has 3 rings (SSSR count). The first-order valence-electron chi connectivity index (χ1n) is 8.01. The molecule has 0 bridgehead atoms. The van der Waals surface area contributed by atoms with Crippen LogP contribution in [0.3, 0.4) is 0 Å². The molecule has 1 aliphatic heterocycles. The van der Waals surface area contributed by atoms with Crippen LogP contribution in [0.1, 0.15) is 49.4 Å². The van der Waals surface area contributed by atoms with Crippen LogP contribution >= 0.6 is 0 Å². The van der Waals surface area contributed by atoms with Crippen molar-refractivity contribution in [3.63, 3.8) is 0 Å². The zero-order chi connectivity index (χ0) is 14.7. The Morgan fingerprint density at radius 1 is 1.43 bits per heavy atom. The van der Waals surface area contributed by atoms with E-state index < -0.39 is 0 Å². The topological polar surface area (TPSA) is 49.0 Å². The zero-order valence-electron chi connectivity index (χ0n) is 12.6. The minimum absolute atomic E-state index is 0.145. The molecule has 0 aromatic carbocycles. The molecule has 0 unspecified atom stereocenters. The van der Waals surface area contributed by atoms with Gasteiger partial charge < -0.3 is 9.88 Å². The van der Waals surface area contributed by atoms with Gasteiger partial charge in [0.2, 0.25) is 0 Å². The molecule has 4 nitrogen and oxygen atoms in total. The summed E-state index contributed by atoms with van der Waals surface area (Å²) >= 11 is 0. The third kappa shape index (κ3) is 2.94. The van der Waals surface area contributed by atoms with E-state index in [4.69, 9.17) is 0 Å². The number of amides is 1. The number of hydrogen-bond acceptors (Lipinski definition) is 2. The summed E-state index contributed by atoms with van der Waals surface area (Å²) in [7, 11) is 0. The summed E-state index contributed by atoms with van der Waals surface area (Å²) in [6, 6.07) is 3.84. The van der Waals surface area contributed by atoms with E-state index in [1.807, 2.05) is 17.0 Å². The molecule has 1 aliphatic rings. The van der Waals surface area contributed by atoms with Gasteiger partial charge in [0.1, 0.15) is 5.65 Å². The Bertz CT molecular complexity index is 619. The molecule has 0 saturated carbocycles.